The highest BCUT2D eigenvalue weighted by atomic mass is 35.5. The number of fused-ring (bicyclic) bond motifs is 1. The number of hydrogen-bond acceptors (Lipinski definition) is 4. The minimum absolute atomic E-state index is 0. The van der Waals surface area contributed by atoms with E-state index in [9.17, 15) is 4.79 Å². The lowest BCUT2D eigenvalue weighted by Gasteiger charge is -2.24. The van der Waals surface area contributed by atoms with Crippen molar-refractivity contribution >= 4 is 18.4 Å². The molecule has 0 aliphatic carbocycles. The van der Waals surface area contributed by atoms with Crippen molar-refractivity contribution in [1.82, 2.24) is 5.32 Å². The van der Waals surface area contributed by atoms with Crippen molar-refractivity contribution in [3.63, 3.8) is 0 Å². The van der Waals surface area contributed by atoms with E-state index in [4.69, 9.17) is 9.47 Å². The lowest BCUT2D eigenvalue weighted by molar-refractivity contribution is -0.143. The molecule has 4 nitrogen and oxygen atoms in total. The van der Waals surface area contributed by atoms with Crippen LogP contribution in [0.25, 0.3) is 0 Å². The van der Waals surface area contributed by atoms with Crippen molar-refractivity contribution < 1.29 is 14.3 Å². The molecule has 1 heterocycles. The smallest absolute Gasteiger partial charge is 0.323 e. The molecule has 5 heteroatoms. The fourth-order valence-corrected chi connectivity index (χ4v) is 1.93. The number of ether oxygens (including phenoxy) is 2. The van der Waals surface area contributed by atoms with E-state index in [1.807, 2.05) is 18.2 Å². The van der Waals surface area contributed by atoms with Crippen LogP contribution in [0, 0.1) is 0 Å². The number of carbonyl (C=O) groups excluding carboxylic acids is 1. The number of rotatable bonds is 2. The second-order valence-electron chi connectivity index (χ2n) is 3.80. The molecule has 2 rings (SSSR count). The number of methoxy groups -OCH3 is 2. The molecule has 1 aliphatic rings. The summed E-state index contributed by atoms with van der Waals surface area (Å²) in [5, 5.41) is 3.15. The van der Waals surface area contributed by atoms with Crippen molar-refractivity contribution in [1.29, 1.82) is 0 Å². The third-order valence-corrected chi connectivity index (χ3v) is 2.86. The molecule has 0 saturated carbocycles. The van der Waals surface area contributed by atoms with Crippen LogP contribution in [-0.4, -0.2) is 26.2 Å². The summed E-state index contributed by atoms with van der Waals surface area (Å²) in [5.74, 6) is 0.609. The third kappa shape index (κ3) is 2.90. The van der Waals surface area contributed by atoms with Crippen LogP contribution < -0.4 is 10.1 Å². The van der Waals surface area contributed by atoms with E-state index in [1.165, 1.54) is 12.7 Å². The van der Waals surface area contributed by atoms with Gasteiger partial charge < -0.3 is 14.8 Å². The summed E-state index contributed by atoms with van der Waals surface area (Å²) in [6, 6.07) is 5.68. The van der Waals surface area contributed by atoms with Gasteiger partial charge in [-0.3, -0.25) is 4.79 Å². The summed E-state index contributed by atoms with van der Waals surface area (Å²) in [6.07, 6.45) is 0.652. The summed E-state index contributed by atoms with van der Waals surface area (Å²) in [5.41, 5.74) is 2.36. The van der Waals surface area contributed by atoms with Crippen molar-refractivity contribution in [2.24, 2.45) is 0 Å². The quantitative estimate of drug-likeness (QED) is 0.812. The van der Waals surface area contributed by atoms with Gasteiger partial charge in [-0.2, -0.15) is 0 Å². The molecule has 0 bridgehead atoms. The number of nitrogens with one attached hydrogen (secondary N) is 1. The maximum atomic E-state index is 11.4. The van der Waals surface area contributed by atoms with Gasteiger partial charge in [0.2, 0.25) is 0 Å². The van der Waals surface area contributed by atoms with Gasteiger partial charge in [0.1, 0.15) is 11.8 Å². The van der Waals surface area contributed by atoms with E-state index in [1.54, 1.807) is 7.11 Å². The van der Waals surface area contributed by atoms with Crippen LogP contribution in [0.4, 0.5) is 0 Å². The summed E-state index contributed by atoms with van der Waals surface area (Å²) < 4.78 is 9.89. The summed E-state index contributed by atoms with van der Waals surface area (Å²) in [7, 11) is 3.05. The number of hydrogen-bond donors (Lipinski definition) is 1. The molecule has 1 aromatic carbocycles. The molecule has 17 heavy (non-hydrogen) atoms. The van der Waals surface area contributed by atoms with Crippen LogP contribution in [0.1, 0.15) is 11.1 Å². The summed E-state index contributed by atoms with van der Waals surface area (Å²) >= 11 is 0. The predicted molar refractivity (Wildman–Crippen MR) is 66.6 cm³/mol. The first-order valence-corrected chi connectivity index (χ1v) is 5.21. The largest absolute Gasteiger partial charge is 0.497 e. The number of benzene rings is 1. The number of halogens is 1. The second-order valence-corrected chi connectivity index (χ2v) is 3.80. The predicted octanol–water partition coefficient (Wildman–Crippen LogP) is 1.30. The molecule has 1 aromatic rings. The van der Waals surface area contributed by atoms with Gasteiger partial charge in [-0.15, -0.1) is 12.4 Å². The average Bonchev–Trinajstić information content (AvgIpc) is 2.36. The van der Waals surface area contributed by atoms with Crippen molar-refractivity contribution in [2.45, 2.75) is 19.0 Å². The summed E-state index contributed by atoms with van der Waals surface area (Å²) in [6.45, 7) is 0.694. The van der Waals surface area contributed by atoms with Gasteiger partial charge in [-0.1, -0.05) is 6.07 Å². The van der Waals surface area contributed by atoms with Crippen LogP contribution in [0.15, 0.2) is 18.2 Å². The zero-order valence-electron chi connectivity index (χ0n) is 9.86. The van der Waals surface area contributed by atoms with Crippen LogP contribution >= 0.6 is 12.4 Å². The van der Waals surface area contributed by atoms with Crippen LogP contribution in [0.3, 0.4) is 0 Å². The van der Waals surface area contributed by atoms with Gasteiger partial charge >= 0.3 is 5.97 Å². The first-order chi connectivity index (χ1) is 7.74. The molecule has 1 aliphatic heterocycles. The van der Waals surface area contributed by atoms with Gasteiger partial charge in [0.25, 0.3) is 0 Å². The minimum atomic E-state index is -0.246. The topological polar surface area (TPSA) is 47.6 Å². The normalized spacial score (nSPS) is 17.6. The Labute approximate surface area is 107 Å². The van der Waals surface area contributed by atoms with E-state index in [0.717, 1.165) is 11.3 Å². The van der Waals surface area contributed by atoms with E-state index >= 15 is 0 Å². The van der Waals surface area contributed by atoms with Crippen molar-refractivity contribution in [3.8, 4) is 5.75 Å². The average molecular weight is 258 g/mol. The molecule has 0 spiro atoms. The Balaban J connectivity index is 0.00000144. The Hall–Kier alpha value is -1.26. The molecule has 0 saturated heterocycles. The van der Waals surface area contributed by atoms with Gasteiger partial charge in [-0.25, -0.2) is 0 Å². The molecule has 0 aromatic heterocycles. The highest BCUT2D eigenvalue weighted by molar-refractivity contribution is 5.85. The van der Waals surface area contributed by atoms with Crippen molar-refractivity contribution in [3.05, 3.63) is 29.3 Å². The highest BCUT2D eigenvalue weighted by Gasteiger charge is 2.24. The standard InChI is InChI=1S/C12H15NO3.ClH/c1-15-10-4-3-8-7-13-11(12(14)16-2)6-9(8)5-10;/h3-5,11,13H,6-7H2,1-2H3;1H. The summed E-state index contributed by atoms with van der Waals surface area (Å²) in [4.78, 5) is 11.4. The fraction of sp³-hybridized carbons (Fsp3) is 0.417. The molecule has 1 atom stereocenters. The molecule has 1 unspecified atom stereocenters. The monoisotopic (exact) mass is 257 g/mol. The van der Waals surface area contributed by atoms with Gasteiger partial charge in [0, 0.05) is 6.54 Å². The van der Waals surface area contributed by atoms with E-state index in [-0.39, 0.29) is 24.4 Å². The lowest BCUT2D eigenvalue weighted by atomic mass is 9.95. The minimum Gasteiger partial charge on any atom is -0.497 e. The van der Waals surface area contributed by atoms with Gasteiger partial charge in [0.15, 0.2) is 0 Å². The Morgan fingerprint density at radius 2 is 2.12 bits per heavy atom. The molecule has 0 amide bonds. The maximum absolute atomic E-state index is 11.4. The molecule has 0 fully saturated rings. The maximum Gasteiger partial charge on any atom is 0.323 e. The fourth-order valence-electron chi connectivity index (χ4n) is 1.93. The molecule has 94 valence electrons. The van der Waals surface area contributed by atoms with E-state index < -0.39 is 0 Å². The molecule has 1 N–H and O–H groups in total. The Morgan fingerprint density at radius 1 is 1.35 bits per heavy atom. The van der Waals surface area contributed by atoms with Crippen LogP contribution in [0.5, 0.6) is 5.75 Å². The Bertz CT molecular complexity index is 409. The van der Waals surface area contributed by atoms with E-state index in [2.05, 4.69) is 5.32 Å². The van der Waals surface area contributed by atoms with Crippen LogP contribution in [0.2, 0.25) is 0 Å². The SMILES string of the molecule is COC(=O)C1Cc2cc(OC)ccc2CN1.Cl. The number of carbonyl (C=O) groups is 1. The highest BCUT2D eigenvalue weighted by Crippen LogP contribution is 2.22. The number of esters is 1. The lowest BCUT2D eigenvalue weighted by Crippen LogP contribution is -2.42. The Morgan fingerprint density at radius 3 is 2.76 bits per heavy atom. The molecule has 0 radical (unpaired) electrons. The first kappa shape index (κ1) is 13.8. The van der Waals surface area contributed by atoms with Gasteiger partial charge in [-0.05, 0) is 29.7 Å². The molecular weight excluding hydrogens is 242 g/mol. The van der Waals surface area contributed by atoms with Gasteiger partial charge in [0.05, 0.1) is 14.2 Å². The van der Waals surface area contributed by atoms with Crippen molar-refractivity contribution in [2.75, 3.05) is 14.2 Å². The van der Waals surface area contributed by atoms with Crippen LogP contribution in [-0.2, 0) is 22.5 Å². The Kier molecular flexibility index (Phi) is 4.78. The zero-order chi connectivity index (χ0) is 11.5. The third-order valence-electron chi connectivity index (χ3n) is 2.86. The van der Waals surface area contributed by atoms with E-state index in [0.29, 0.717) is 13.0 Å². The zero-order valence-corrected chi connectivity index (χ0v) is 10.7. The molecular formula is C12H16ClNO3. The second kappa shape index (κ2) is 5.89. The first-order valence-electron chi connectivity index (χ1n) is 5.21.